The highest BCUT2D eigenvalue weighted by Crippen LogP contribution is 2.38. The predicted molar refractivity (Wildman–Crippen MR) is 125 cm³/mol. The first-order chi connectivity index (χ1) is 15.5. The molecule has 4 heterocycles. The molecule has 1 aliphatic rings. The summed E-state index contributed by atoms with van der Waals surface area (Å²) in [5.74, 6) is 1.20. The number of hydrogen-bond acceptors (Lipinski definition) is 6. The van der Waals surface area contributed by atoms with Crippen molar-refractivity contribution in [2.45, 2.75) is 39.8 Å². The summed E-state index contributed by atoms with van der Waals surface area (Å²) in [5.41, 5.74) is 3.67. The van der Waals surface area contributed by atoms with Crippen LogP contribution in [-0.2, 0) is 13.0 Å². The molecule has 0 radical (unpaired) electrons. The van der Waals surface area contributed by atoms with E-state index >= 15 is 0 Å². The van der Waals surface area contributed by atoms with Crippen LogP contribution < -0.4 is 14.8 Å². The van der Waals surface area contributed by atoms with Gasteiger partial charge in [-0.2, -0.15) is 5.10 Å². The van der Waals surface area contributed by atoms with Crippen molar-refractivity contribution in [2.24, 2.45) is 0 Å². The molecule has 5 rings (SSSR count). The van der Waals surface area contributed by atoms with Gasteiger partial charge in [0, 0.05) is 28.6 Å². The number of fused-ring (bicyclic) bond motifs is 2. The number of hydrogen-bond donors (Lipinski definition) is 1. The SMILES string of the molecule is CCOc1cc2c(cc1NC(=O)c1cc(C)nc3c1cnn3Cc1cccs1)OC(C)C2. The van der Waals surface area contributed by atoms with Gasteiger partial charge in [-0.1, -0.05) is 6.07 Å². The van der Waals surface area contributed by atoms with Crippen molar-refractivity contribution >= 4 is 34.0 Å². The number of anilines is 1. The van der Waals surface area contributed by atoms with E-state index in [0.717, 1.165) is 23.4 Å². The number of amides is 1. The Morgan fingerprint density at radius 3 is 3.03 bits per heavy atom. The van der Waals surface area contributed by atoms with E-state index < -0.39 is 0 Å². The minimum Gasteiger partial charge on any atom is -0.492 e. The molecule has 0 bridgehead atoms. The lowest BCUT2D eigenvalue weighted by molar-refractivity contribution is 0.102. The summed E-state index contributed by atoms with van der Waals surface area (Å²) < 4.78 is 13.5. The fourth-order valence-electron chi connectivity index (χ4n) is 4.03. The van der Waals surface area contributed by atoms with Crippen LogP contribution in [0.15, 0.2) is 41.9 Å². The maximum atomic E-state index is 13.4. The molecule has 3 aromatic heterocycles. The second-order valence-electron chi connectivity index (χ2n) is 7.91. The molecule has 1 N–H and O–H groups in total. The number of pyridine rings is 1. The molecular weight excluding hydrogens is 424 g/mol. The van der Waals surface area contributed by atoms with Crippen molar-refractivity contribution in [1.82, 2.24) is 14.8 Å². The number of carbonyl (C=O) groups excluding carboxylic acids is 1. The molecule has 1 amide bonds. The van der Waals surface area contributed by atoms with Gasteiger partial charge in [0.2, 0.25) is 0 Å². The number of aryl methyl sites for hydroxylation is 1. The molecule has 0 aliphatic carbocycles. The largest absolute Gasteiger partial charge is 0.492 e. The number of benzene rings is 1. The molecule has 0 saturated heterocycles. The van der Waals surface area contributed by atoms with Gasteiger partial charge in [0.05, 0.1) is 36.0 Å². The predicted octanol–water partition coefficient (Wildman–Crippen LogP) is 4.82. The van der Waals surface area contributed by atoms with Crippen molar-refractivity contribution < 1.29 is 14.3 Å². The van der Waals surface area contributed by atoms with E-state index in [-0.39, 0.29) is 12.0 Å². The summed E-state index contributed by atoms with van der Waals surface area (Å²) in [4.78, 5) is 19.2. The van der Waals surface area contributed by atoms with Crippen molar-refractivity contribution in [1.29, 1.82) is 0 Å². The molecule has 4 aromatic rings. The Balaban J connectivity index is 1.49. The normalized spacial score (nSPS) is 14.9. The molecule has 0 fully saturated rings. The van der Waals surface area contributed by atoms with Crippen LogP contribution in [0.5, 0.6) is 11.5 Å². The Morgan fingerprint density at radius 2 is 2.25 bits per heavy atom. The first-order valence-corrected chi connectivity index (χ1v) is 11.5. The summed E-state index contributed by atoms with van der Waals surface area (Å²) >= 11 is 1.67. The summed E-state index contributed by atoms with van der Waals surface area (Å²) in [6.45, 7) is 6.97. The number of ether oxygens (including phenoxy) is 2. The van der Waals surface area contributed by atoms with E-state index in [1.165, 1.54) is 4.88 Å². The van der Waals surface area contributed by atoms with Crippen molar-refractivity contribution in [3.05, 3.63) is 63.6 Å². The third kappa shape index (κ3) is 3.82. The van der Waals surface area contributed by atoms with E-state index in [0.29, 0.717) is 41.2 Å². The van der Waals surface area contributed by atoms with Gasteiger partial charge >= 0.3 is 0 Å². The van der Waals surface area contributed by atoms with Gasteiger partial charge in [-0.25, -0.2) is 9.67 Å². The standard InChI is InChI=1S/C24H24N4O3S/c1-4-30-22-10-16-9-15(3)31-21(16)11-20(22)27-24(29)18-8-14(2)26-23-19(18)12-25-28(23)13-17-6-5-7-32-17/h5-8,10-12,15H,4,9,13H2,1-3H3,(H,27,29). The van der Waals surface area contributed by atoms with Gasteiger partial charge in [0.15, 0.2) is 5.65 Å². The molecule has 1 atom stereocenters. The topological polar surface area (TPSA) is 78.3 Å². The number of nitrogens with one attached hydrogen (secondary N) is 1. The zero-order valence-corrected chi connectivity index (χ0v) is 19.0. The Bertz CT molecular complexity index is 1300. The molecular formula is C24H24N4O3S. The first kappa shape index (κ1) is 20.5. The average molecular weight is 449 g/mol. The number of thiophene rings is 1. The van der Waals surface area contributed by atoms with E-state index in [1.54, 1.807) is 23.6 Å². The quantitative estimate of drug-likeness (QED) is 0.457. The van der Waals surface area contributed by atoms with Crippen molar-refractivity contribution in [3.63, 3.8) is 0 Å². The lowest BCUT2D eigenvalue weighted by atomic mass is 10.1. The number of carbonyl (C=O) groups is 1. The number of aromatic nitrogens is 3. The summed E-state index contributed by atoms with van der Waals surface area (Å²) in [5, 5.41) is 10.3. The van der Waals surface area contributed by atoms with Crippen LogP contribution in [-0.4, -0.2) is 33.4 Å². The van der Waals surface area contributed by atoms with E-state index in [4.69, 9.17) is 9.47 Å². The van der Waals surface area contributed by atoms with Crippen molar-refractivity contribution in [3.8, 4) is 11.5 Å². The molecule has 164 valence electrons. The Kier molecular flexibility index (Phi) is 5.30. The Labute approximate surface area is 190 Å². The molecule has 1 unspecified atom stereocenters. The number of rotatable bonds is 6. The highest BCUT2D eigenvalue weighted by Gasteiger charge is 2.24. The summed E-state index contributed by atoms with van der Waals surface area (Å²) in [6.07, 6.45) is 2.65. The van der Waals surface area contributed by atoms with Gasteiger partial charge in [-0.3, -0.25) is 4.79 Å². The zero-order chi connectivity index (χ0) is 22.2. The first-order valence-electron chi connectivity index (χ1n) is 10.6. The zero-order valence-electron chi connectivity index (χ0n) is 18.2. The van der Waals surface area contributed by atoms with E-state index in [9.17, 15) is 4.79 Å². The third-order valence-electron chi connectivity index (χ3n) is 5.41. The van der Waals surface area contributed by atoms with E-state index in [1.807, 2.05) is 49.0 Å². The average Bonchev–Trinajstić information content (AvgIpc) is 3.48. The van der Waals surface area contributed by atoms with Gasteiger partial charge in [0.25, 0.3) is 5.91 Å². The smallest absolute Gasteiger partial charge is 0.256 e. The minimum atomic E-state index is -0.233. The van der Waals surface area contributed by atoms with Crippen LogP contribution in [0.4, 0.5) is 5.69 Å². The second-order valence-corrected chi connectivity index (χ2v) is 8.94. The monoisotopic (exact) mass is 448 g/mol. The van der Waals surface area contributed by atoms with Crippen LogP contribution in [0.2, 0.25) is 0 Å². The molecule has 0 spiro atoms. The number of nitrogens with zero attached hydrogens (tertiary/aromatic N) is 3. The van der Waals surface area contributed by atoms with Gasteiger partial charge in [-0.05, 0) is 44.4 Å². The molecule has 0 saturated carbocycles. The van der Waals surface area contributed by atoms with Gasteiger partial charge in [0.1, 0.15) is 17.6 Å². The lowest BCUT2D eigenvalue weighted by Gasteiger charge is -2.14. The van der Waals surface area contributed by atoms with Crippen molar-refractivity contribution in [2.75, 3.05) is 11.9 Å². The van der Waals surface area contributed by atoms with Gasteiger partial charge < -0.3 is 14.8 Å². The maximum Gasteiger partial charge on any atom is 0.256 e. The Morgan fingerprint density at radius 1 is 1.38 bits per heavy atom. The summed E-state index contributed by atoms with van der Waals surface area (Å²) in [6, 6.07) is 9.69. The van der Waals surface area contributed by atoms with Gasteiger partial charge in [-0.15, -0.1) is 11.3 Å². The molecule has 1 aliphatic heterocycles. The molecule has 7 nitrogen and oxygen atoms in total. The Hall–Kier alpha value is -3.39. The summed E-state index contributed by atoms with van der Waals surface area (Å²) in [7, 11) is 0. The minimum absolute atomic E-state index is 0.113. The highest BCUT2D eigenvalue weighted by molar-refractivity contribution is 7.09. The van der Waals surface area contributed by atoms with Crippen LogP contribution in [0.3, 0.4) is 0 Å². The second kappa shape index (κ2) is 8.27. The molecule has 1 aromatic carbocycles. The van der Waals surface area contributed by atoms with E-state index in [2.05, 4.69) is 21.5 Å². The van der Waals surface area contributed by atoms with Crippen LogP contribution >= 0.6 is 11.3 Å². The van der Waals surface area contributed by atoms with Crippen LogP contribution in [0, 0.1) is 6.92 Å². The maximum absolute atomic E-state index is 13.4. The molecule has 32 heavy (non-hydrogen) atoms. The fraction of sp³-hybridized carbons (Fsp3) is 0.292. The fourth-order valence-corrected chi connectivity index (χ4v) is 4.71. The third-order valence-corrected chi connectivity index (χ3v) is 6.28. The molecule has 8 heteroatoms. The lowest BCUT2D eigenvalue weighted by Crippen LogP contribution is -2.14. The van der Waals surface area contributed by atoms with Crippen LogP contribution in [0.25, 0.3) is 11.0 Å². The van der Waals surface area contributed by atoms with Crippen LogP contribution in [0.1, 0.15) is 40.3 Å². The highest BCUT2D eigenvalue weighted by atomic mass is 32.1.